The van der Waals surface area contributed by atoms with Gasteiger partial charge in [-0.2, -0.15) is 0 Å². The number of rotatable bonds is 3. The number of hydrogen-bond acceptors (Lipinski definition) is 1. The van der Waals surface area contributed by atoms with E-state index in [1.165, 1.54) is 30.1 Å². The second-order valence-electron chi connectivity index (χ2n) is 5.26. The first kappa shape index (κ1) is 11.8. The molecule has 2 fully saturated rings. The molecule has 0 amide bonds. The van der Waals surface area contributed by atoms with Crippen LogP contribution in [0, 0.1) is 11.8 Å². The van der Waals surface area contributed by atoms with Crippen LogP contribution >= 0.6 is 0 Å². The average molecular weight is 295 g/mol. The Morgan fingerprint density at radius 2 is 2.00 bits per heavy atom. The van der Waals surface area contributed by atoms with Crippen LogP contribution < -0.4 is 4.46 Å². The van der Waals surface area contributed by atoms with Gasteiger partial charge in [-0.1, -0.05) is 0 Å². The molecule has 0 aliphatic heterocycles. The summed E-state index contributed by atoms with van der Waals surface area (Å²) >= 11 is 0.590. The molecular formula is C15H20OSe. The summed E-state index contributed by atoms with van der Waals surface area (Å²) in [5.74, 6) is 1.84. The number of benzene rings is 1. The fourth-order valence-electron chi connectivity index (χ4n) is 3.61. The Balaban J connectivity index is 1.71. The summed E-state index contributed by atoms with van der Waals surface area (Å²) < 4.78 is 7.36. The van der Waals surface area contributed by atoms with E-state index in [1.54, 1.807) is 0 Å². The summed E-state index contributed by atoms with van der Waals surface area (Å²) in [6.45, 7) is 0. The van der Waals surface area contributed by atoms with Crippen LogP contribution in [0.5, 0.6) is 0 Å². The topological polar surface area (TPSA) is 9.23 Å². The molecule has 17 heavy (non-hydrogen) atoms. The molecule has 0 unspecified atom stereocenters. The van der Waals surface area contributed by atoms with E-state index in [-0.39, 0.29) is 0 Å². The molecule has 92 valence electrons. The standard InChI is InChI=1S/C15H20OSe/c1-16-15-13-9-5-6-11(13)10-14(15)17-12-7-3-2-4-8-12/h2-4,7-8,11,13-15H,5-6,9-10H2,1H3/t11-,13-,14-,15-/m1/s1. The predicted octanol–water partition coefficient (Wildman–Crippen LogP) is 2.64. The Morgan fingerprint density at radius 3 is 2.76 bits per heavy atom. The minimum atomic E-state index is 0.544. The van der Waals surface area contributed by atoms with Crippen LogP contribution in [-0.2, 0) is 4.74 Å². The average Bonchev–Trinajstić information content (AvgIpc) is 2.90. The maximum absolute atomic E-state index is 5.83. The summed E-state index contributed by atoms with van der Waals surface area (Å²) in [7, 11) is 1.92. The van der Waals surface area contributed by atoms with Gasteiger partial charge in [0.1, 0.15) is 0 Å². The number of methoxy groups -OCH3 is 1. The second kappa shape index (κ2) is 5.14. The van der Waals surface area contributed by atoms with Crippen LogP contribution in [0.15, 0.2) is 30.3 Å². The molecule has 2 aliphatic carbocycles. The zero-order chi connectivity index (χ0) is 11.7. The van der Waals surface area contributed by atoms with Gasteiger partial charge in [0.2, 0.25) is 0 Å². The third-order valence-electron chi connectivity index (χ3n) is 4.34. The molecule has 0 saturated heterocycles. The van der Waals surface area contributed by atoms with Crippen molar-refractivity contribution in [3.05, 3.63) is 30.3 Å². The first-order chi connectivity index (χ1) is 8.38. The van der Waals surface area contributed by atoms with Crippen molar-refractivity contribution in [1.29, 1.82) is 0 Å². The van der Waals surface area contributed by atoms with Gasteiger partial charge < -0.3 is 0 Å². The van der Waals surface area contributed by atoms with Crippen molar-refractivity contribution in [2.75, 3.05) is 7.11 Å². The first-order valence-corrected chi connectivity index (χ1v) is 8.47. The molecule has 0 heterocycles. The van der Waals surface area contributed by atoms with Gasteiger partial charge in [-0.25, -0.2) is 0 Å². The van der Waals surface area contributed by atoms with E-state index < -0.39 is 0 Å². The molecule has 2 saturated carbocycles. The molecule has 3 rings (SSSR count). The van der Waals surface area contributed by atoms with Gasteiger partial charge in [0, 0.05) is 0 Å². The van der Waals surface area contributed by atoms with Crippen LogP contribution in [0.25, 0.3) is 0 Å². The van der Waals surface area contributed by atoms with Gasteiger partial charge in [0.05, 0.1) is 0 Å². The summed E-state index contributed by atoms with van der Waals surface area (Å²) in [6.07, 6.45) is 6.25. The molecule has 0 aromatic heterocycles. The fraction of sp³-hybridized carbons (Fsp3) is 0.600. The number of hydrogen-bond donors (Lipinski definition) is 0. The molecule has 4 atom stereocenters. The normalized spacial score (nSPS) is 36.1. The third kappa shape index (κ3) is 2.31. The number of fused-ring (bicyclic) bond motifs is 1. The van der Waals surface area contributed by atoms with Crippen molar-refractivity contribution < 1.29 is 4.74 Å². The van der Waals surface area contributed by atoms with Crippen LogP contribution in [0.1, 0.15) is 25.7 Å². The predicted molar refractivity (Wildman–Crippen MR) is 71.8 cm³/mol. The monoisotopic (exact) mass is 296 g/mol. The Labute approximate surface area is 110 Å². The van der Waals surface area contributed by atoms with Crippen molar-refractivity contribution in [3.8, 4) is 0 Å². The van der Waals surface area contributed by atoms with Crippen molar-refractivity contribution >= 4 is 19.4 Å². The van der Waals surface area contributed by atoms with Gasteiger partial charge in [0.25, 0.3) is 0 Å². The van der Waals surface area contributed by atoms with Gasteiger partial charge >= 0.3 is 110 Å². The Bertz CT molecular complexity index is 364. The Kier molecular flexibility index (Phi) is 3.56. The van der Waals surface area contributed by atoms with E-state index in [1.807, 2.05) is 7.11 Å². The van der Waals surface area contributed by atoms with E-state index in [4.69, 9.17) is 4.74 Å². The van der Waals surface area contributed by atoms with E-state index in [2.05, 4.69) is 30.3 Å². The van der Waals surface area contributed by atoms with E-state index >= 15 is 0 Å². The van der Waals surface area contributed by atoms with Crippen molar-refractivity contribution in [3.63, 3.8) is 0 Å². The summed E-state index contributed by atoms with van der Waals surface area (Å²) in [4.78, 5) is 0.810. The summed E-state index contributed by atoms with van der Waals surface area (Å²) in [5.41, 5.74) is 0. The van der Waals surface area contributed by atoms with E-state index in [0.29, 0.717) is 21.1 Å². The fourth-order valence-corrected chi connectivity index (χ4v) is 6.67. The van der Waals surface area contributed by atoms with Gasteiger partial charge in [-0.05, 0) is 0 Å². The molecule has 2 aliphatic rings. The second-order valence-corrected chi connectivity index (χ2v) is 8.01. The van der Waals surface area contributed by atoms with E-state index in [9.17, 15) is 0 Å². The van der Waals surface area contributed by atoms with Crippen LogP contribution in [-0.4, -0.2) is 28.2 Å². The molecule has 1 aromatic rings. The Hall–Kier alpha value is -0.301. The molecular weight excluding hydrogens is 275 g/mol. The zero-order valence-corrected chi connectivity index (χ0v) is 12.1. The van der Waals surface area contributed by atoms with Crippen molar-refractivity contribution in [2.45, 2.75) is 36.6 Å². The third-order valence-corrected chi connectivity index (χ3v) is 7.09. The quantitative estimate of drug-likeness (QED) is 0.779. The van der Waals surface area contributed by atoms with Crippen molar-refractivity contribution in [2.24, 2.45) is 11.8 Å². The van der Waals surface area contributed by atoms with Crippen LogP contribution in [0.3, 0.4) is 0 Å². The van der Waals surface area contributed by atoms with Crippen LogP contribution in [0.2, 0.25) is 4.82 Å². The summed E-state index contributed by atoms with van der Waals surface area (Å²) in [5, 5.41) is 0. The molecule has 0 radical (unpaired) electrons. The first-order valence-electron chi connectivity index (χ1n) is 6.63. The molecule has 1 aromatic carbocycles. The van der Waals surface area contributed by atoms with Gasteiger partial charge in [-0.15, -0.1) is 0 Å². The number of ether oxygens (including phenoxy) is 1. The molecule has 0 bridgehead atoms. The Morgan fingerprint density at radius 1 is 1.18 bits per heavy atom. The zero-order valence-electron chi connectivity index (χ0n) is 10.3. The van der Waals surface area contributed by atoms with Crippen molar-refractivity contribution in [1.82, 2.24) is 0 Å². The SMILES string of the molecule is CO[C@@H]1[C@@H]2CCC[C@@H]2C[C@H]1[Se]c1ccccc1. The van der Waals surface area contributed by atoms with E-state index in [0.717, 1.165) is 16.7 Å². The van der Waals surface area contributed by atoms with Crippen LogP contribution in [0.4, 0.5) is 0 Å². The molecule has 0 N–H and O–H groups in total. The molecule has 1 nitrogen and oxygen atoms in total. The minimum absolute atomic E-state index is 0.544. The molecule has 0 spiro atoms. The molecule has 2 heteroatoms. The maximum atomic E-state index is 5.83. The van der Waals surface area contributed by atoms with Gasteiger partial charge in [0.15, 0.2) is 0 Å². The van der Waals surface area contributed by atoms with Gasteiger partial charge in [-0.3, -0.25) is 0 Å². The summed E-state index contributed by atoms with van der Waals surface area (Å²) in [6, 6.07) is 11.0.